The van der Waals surface area contributed by atoms with E-state index in [1.54, 1.807) is 12.1 Å². The molecule has 1 aliphatic heterocycles. The van der Waals surface area contributed by atoms with E-state index in [0.717, 1.165) is 12.8 Å². The Morgan fingerprint density at radius 3 is 2.81 bits per heavy atom. The summed E-state index contributed by atoms with van der Waals surface area (Å²) in [5.74, 6) is -0.313. The molecule has 0 amide bonds. The topological polar surface area (TPSA) is 48.4 Å². The van der Waals surface area contributed by atoms with Crippen LogP contribution in [0.5, 0.6) is 0 Å². The summed E-state index contributed by atoms with van der Waals surface area (Å²) in [6.45, 7) is 1.33. The molecule has 86 valence electrons. The van der Waals surface area contributed by atoms with Crippen LogP contribution in [0.4, 0.5) is 0 Å². The number of carbonyl (C=O) groups is 1. The van der Waals surface area contributed by atoms with Gasteiger partial charge >= 0.3 is 5.97 Å². The molecule has 0 aromatic carbocycles. The van der Waals surface area contributed by atoms with Crippen LogP contribution >= 0.6 is 15.9 Å². The van der Waals surface area contributed by atoms with Gasteiger partial charge in [0.2, 0.25) is 0 Å². The molecule has 0 spiro atoms. The number of aromatic nitrogens is 1. The third-order valence-corrected chi connectivity index (χ3v) is 2.87. The summed E-state index contributed by atoms with van der Waals surface area (Å²) >= 11 is 3.21. The molecule has 1 aliphatic rings. The highest BCUT2D eigenvalue weighted by molar-refractivity contribution is 9.10. The first kappa shape index (κ1) is 11.5. The maximum Gasteiger partial charge on any atom is 0.339 e. The first-order valence-electron chi connectivity index (χ1n) is 5.16. The van der Waals surface area contributed by atoms with Gasteiger partial charge in [-0.1, -0.05) is 0 Å². The summed E-state index contributed by atoms with van der Waals surface area (Å²) < 4.78 is 11.2. The van der Waals surface area contributed by atoms with E-state index in [0.29, 0.717) is 23.4 Å². The molecule has 2 rings (SSSR count). The maximum absolute atomic E-state index is 11.7. The fourth-order valence-corrected chi connectivity index (χ4v) is 1.74. The van der Waals surface area contributed by atoms with Crippen LogP contribution in [-0.2, 0) is 9.47 Å². The lowest BCUT2D eigenvalue weighted by molar-refractivity contribution is -0.0159. The zero-order valence-corrected chi connectivity index (χ0v) is 10.3. The minimum absolute atomic E-state index is 0.0232. The van der Waals surface area contributed by atoms with E-state index in [1.807, 2.05) is 0 Å². The van der Waals surface area contributed by atoms with Crippen LogP contribution in [0.25, 0.3) is 0 Å². The van der Waals surface area contributed by atoms with E-state index < -0.39 is 0 Å². The smallest absolute Gasteiger partial charge is 0.339 e. The lowest BCUT2D eigenvalue weighted by Gasteiger charge is -2.22. The minimum Gasteiger partial charge on any atom is -0.459 e. The van der Waals surface area contributed by atoms with E-state index in [9.17, 15) is 4.79 Å². The molecular formula is C11H12BrNO3. The quantitative estimate of drug-likeness (QED) is 0.617. The highest BCUT2D eigenvalue weighted by atomic mass is 79.9. The Morgan fingerprint density at radius 2 is 2.19 bits per heavy atom. The zero-order chi connectivity index (χ0) is 11.4. The Balaban J connectivity index is 1.94. The summed E-state index contributed by atoms with van der Waals surface area (Å²) in [6.07, 6.45) is 3.03. The predicted molar refractivity (Wildman–Crippen MR) is 61.2 cm³/mol. The van der Waals surface area contributed by atoms with Gasteiger partial charge in [0.15, 0.2) is 0 Å². The number of nitrogens with zero attached hydrogens (tertiary/aromatic N) is 1. The largest absolute Gasteiger partial charge is 0.459 e. The molecule has 0 N–H and O–H groups in total. The van der Waals surface area contributed by atoms with Crippen molar-refractivity contribution in [2.75, 3.05) is 13.2 Å². The molecule has 1 fully saturated rings. The molecule has 0 bridgehead atoms. The standard InChI is InChI=1S/C11H12BrNO3/c12-10-2-1-8(7-13-10)11(14)16-9-3-5-15-6-4-9/h1-2,7,9H,3-6H2. The van der Waals surface area contributed by atoms with Gasteiger partial charge in [-0.05, 0) is 28.1 Å². The van der Waals surface area contributed by atoms with Crippen molar-refractivity contribution in [1.82, 2.24) is 4.98 Å². The van der Waals surface area contributed by atoms with Crippen molar-refractivity contribution in [2.45, 2.75) is 18.9 Å². The number of carbonyl (C=O) groups excluding carboxylic acids is 1. The van der Waals surface area contributed by atoms with Crippen molar-refractivity contribution in [2.24, 2.45) is 0 Å². The van der Waals surface area contributed by atoms with Crippen LogP contribution in [0.3, 0.4) is 0 Å². The Kier molecular flexibility index (Phi) is 3.90. The zero-order valence-electron chi connectivity index (χ0n) is 8.69. The number of esters is 1. The van der Waals surface area contributed by atoms with Gasteiger partial charge in [-0.3, -0.25) is 0 Å². The summed E-state index contributed by atoms with van der Waals surface area (Å²) in [6, 6.07) is 3.42. The second-order valence-corrected chi connectivity index (χ2v) is 4.40. The van der Waals surface area contributed by atoms with Crippen LogP contribution in [0.1, 0.15) is 23.2 Å². The fraction of sp³-hybridized carbons (Fsp3) is 0.455. The second-order valence-electron chi connectivity index (χ2n) is 3.59. The number of hydrogen-bond donors (Lipinski definition) is 0. The van der Waals surface area contributed by atoms with E-state index in [2.05, 4.69) is 20.9 Å². The second kappa shape index (κ2) is 5.41. The molecule has 5 heteroatoms. The molecule has 2 heterocycles. The number of rotatable bonds is 2. The lowest BCUT2D eigenvalue weighted by Crippen LogP contribution is -2.26. The van der Waals surface area contributed by atoms with Crippen LogP contribution in [0.15, 0.2) is 22.9 Å². The SMILES string of the molecule is O=C(OC1CCOCC1)c1ccc(Br)nc1. The van der Waals surface area contributed by atoms with E-state index in [1.165, 1.54) is 6.20 Å². The first-order valence-corrected chi connectivity index (χ1v) is 5.95. The molecule has 1 aromatic rings. The molecule has 1 saturated heterocycles. The fourth-order valence-electron chi connectivity index (χ4n) is 1.51. The van der Waals surface area contributed by atoms with Crippen molar-refractivity contribution in [3.8, 4) is 0 Å². The van der Waals surface area contributed by atoms with Crippen molar-refractivity contribution < 1.29 is 14.3 Å². The molecule has 1 aromatic heterocycles. The third-order valence-electron chi connectivity index (χ3n) is 2.41. The molecular weight excluding hydrogens is 274 g/mol. The summed E-state index contributed by atoms with van der Waals surface area (Å²) in [4.78, 5) is 15.7. The van der Waals surface area contributed by atoms with Gasteiger partial charge in [-0.15, -0.1) is 0 Å². The molecule has 0 radical (unpaired) electrons. The van der Waals surface area contributed by atoms with Crippen molar-refractivity contribution in [1.29, 1.82) is 0 Å². The van der Waals surface area contributed by atoms with Crippen LogP contribution in [0, 0.1) is 0 Å². The van der Waals surface area contributed by atoms with Gasteiger partial charge in [0, 0.05) is 19.0 Å². The normalized spacial score (nSPS) is 17.1. The van der Waals surface area contributed by atoms with Crippen LogP contribution < -0.4 is 0 Å². The highest BCUT2D eigenvalue weighted by Gasteiger charge is 2.19. The van der Waals surface area contributed by atoms with Gasteiger partial charge < -0.3 is 9.47 Å². The van der Waals surface area contributed by atoms with Crippen LogP contribution in [-0.4, -0.2) is 30.3 Å². The summed E-state index contributed by atoms with van der Waals surface area (Å²) in [5, 5.41) is 0. The summed E-state index contributed by atoms with van der Waals surface area (Å²) in [5.41, 5.74) is 0.481. The summed E-state index contributed by atoms with van der Waals surface area (Å²) in [7, 11) is 0. The molecule has 0 saturated carbocycles. The number of halogens is 1. The van der Waals surface area contributed by atoms with Gasteiger partial charge in [0.25, 0.3) is 0 Å². The maximum atomic E-state index is 11.7. The van der Waals surface area contributed by atoms with E-state index in [4.69, 9.17) is 9.47 Å². The van der Waals surface area contributed by atoms with Gasteiger partial charge in [0.05, 0.1) is 18.8 Å². The third kappa shape index (κ3) is 3.02. The minimum atomic E-state index is -0.313. The first-order chi connectivity index (χ1) is 7.75. The monoisotopic (exact) mass is 285 g/mol. The Hall–Kier alpha value is -0.940. The number of hydrogen-bond acceptors (Lipinski definition) is 4. The number of pyridine rings is 1. The predicted octanol–water partition coefficient (Wildman–Crippen LogP) is 2.18. The lowest BCUT2D eigenvalue weighted by atomic mass is 10.1. The Morgan fingerprint density at radius 1 is 1.44 bits per heavy atom. The number of ether oxygens (including phenoxy) is 2. The average Bonchev–Trinajstić information content (AvgIpc) is 2.31. The Bertz CT molecular complexity index is 360. The molecule has 4 nitrogen and oxygen atoms in total. The van der Waals surface area contributed by atoms with Crippen molar-refractivity contribution >= 4 is 21.9 Å². The highest BCUT2D eigenvalue weighted by Crippen LogP contribution is 2.14. The van der Waals surface area contributed by atoms with Crippen LogP contribution in [0.2, 0.25) is 0 Å². The van der Waals surface area contributed by atoms with Crippen molar-refractivity contribution in [3.05, 3.63) is 28.5 Å². The Labute approximate surface area is 102 Å². The van der Waals surface area contributed by atoms with Gasteiger partial charge in [-0.2, -0.15) is 0 Å². The van der Waals surface area contributed by atoms with Gasteiger partial charge in [-0.25, -0.2) is 9.78 Å². The van der Waals surface area contributed by atoms with E-state index in [-0.39, 0.29) is 12.1 Å². The molecule has 0 atom stereocenters. The molecule has 0 aliphatic carbocycles. The van der Waals surface area contributed by atoms with E-state index >= 15 is 0 Å². The van der Waals surface area contributed by atoms with Crippen molar-refractivity contribution in [3.63, 3.8) is 0 Å². The van der Waals surface area contributed by atoms with Gasteiger partial charge in [0.1, 0.15) is 10.7 Å². The molecule has 0 unspecified atom stereocenters. The molecule has 16 heavy (non-hydrogen) atoms. The average molecular weight is 286 g/mol.